The van der Waals surface area contributed by atoms with Gasteiger partial charge in [-0.15, -0.1) is 0 Å². The Labute approximate surface area is 159 Å². The Hall–Kier alpha value is -2.49. The van der Waals surface area contributed by atoms with Crippen LogP contribution in [0.3, 0.4) is 0 Å². The van der Waals surface area contributed by atoms with Crippen molar-refractivity contribution in [3.05, 3.63) is 35.5 Å². The van der Waals surface area contributed by atoms with Crippen LogP contribution in [0.2, 0.25) is 0 Å². The van der Waals surface area contributed by atoms with Crippen LogP contribution in [0, 0.1) is 11.8 Å². The maximum absolute atomic E-state index is 5.84. The van der Waals surface area contributed by atoms with Gasteiger partial charge in [0.25, 0.3) is 0 Å². The number of benzene rings is 2. The molecule has 3 aromatic rings. The number of hydrogen-bond donors (Lipinski definition) is 0. The minimum absolute atomic E-state index is 0.646. The summed E-state index contributed by atoms with van der Waals surface area (Å²) in [5.74, 6) is 3.71. The normalized spacial score (nSPS) is 21.1. The van der Waals surface area contributed by atoms with Crippen LogP contribution in [-0.2, 0) is 12.8 Å². The van der Waals surface area contributed by atoms with Crippen LogP contribution in [-0.4, -0.2) is 26.3 Å². The molecule has 1 saturated carbocycles. The van der Waals surface area contributed by atoms with Gasteiger partial charge in [-0.2, -0.15) is 0 Å². The van der Waals surface area contributed by atoms with Gasteiger partial charge in [-0.25, -0.2) is 0 Å². The summed E-state index contributed by atoms with van der Waals surface area (Å²) in [6.07, 6.45) is 8.22. The molecule has 4 nitrogen and oxygen atoms in total. The molecular weight excluding hydrogens is 338 g/mol. The van der Waals surface area contributed by atoms with Crippen LogP contribution < -0.4 is 14.2 Å². The largest absolute Gasteiger partial charge is 0.493 e. The van der Waals surface area contributed by atoms with Gasteiger partial charge in [-0.05, 0) is 66.2 Å². The number of aromatic nitrogens is 1. The van der Waals surface area contributed by atoms with Crippen LogP contribution in [0.1, 0.15) is 30.4 Å². The molecule has 5 rings (SSSR count). The standard InChI is InChI=1S/C23H25NO3/c1-25-19-12-17-16-10-13-6-4-7-14(13)11-18(16)21-15(8-5-9-24-21)20(17)23(27-3)22(19)26-2/h5,8-9,12-14H,4,6-7,10-11H2,1-3H3/t13?,14-/m1/s1. The van der Waals surface area contributed by atoms with E-state index in [1.165, 1.54) is 35.8 Å². The molecule has 0 aliphatic heterocycles. The molecule has 140 valence electrons. The quantitative estimate of drug-likeness (QED) is 0.619. The van der Waals surface area contributed by atoms with Crippen LogP contribution in [0.4, 0.5) is 0 Å². The number of hydrogen-bond acceptors (Lipinski definition) is 4. The maximum atomic E-state index is 5.84. The zero-order valence-electron chi connectivity index (χ0n) is 16.2. The smallest absolute Gasteiger partial charge is 0.203 e. The lowest BCUT2D eigenvalue weighted by atomic mass is 9.75. The molecular formula is C23H25NO3. The number of pyridine rings is 1. The van der Waals surface area contributed by atoms with E-state index in [0.29, 0.717) is 5.75 Å². The van der Waals surface area contributed by atoms with E-state index in [1.807, 2.05) is 12.3 Å². The molecule has 27 heavy (non-hydrogen) atoms. The fourth-order valence-corrected chi connectivity index (χ4v) is 5.44. The lowest BCUT2D eigenvalue weighted by Gasteiger charge is -2.30. The van der Waals surface area contributed by atoms with Crippen LogP contribution >= 0.6 is 0 Å². The van der Waals surface area contributed by atoms with Gasteiger partial charge in [-0.3, -0.25) is 4.98 Å². The Morgan fingerprint density at radius 2 is 1.63 bits per heavy atom. The number of methoxy groups -OCH3 is 3. The third-order valence-electron chi connectivity index (χ3n) is 6.63. The lowest BCUT2D eigenvalue weighted by Crippen LogP contribution is -2.21. The van der Waals surface area contributed by atoms with E-state index in [0.717, 1.165) is 52.5 Å². The molecule has 0 bridgehead atoms. The Kier molecular flexibility index (Phi) is 3.88. The molecule has 2 aromatic carbocycles. The summed E-state index contributed by atoms with van der Waals surface area (Å²) in [5, 5.41) is 3.46. The van der Waals surface area contributed by atoms with Crippen LogP contribution in [0.15, 0.2) is 24.4 Å². The second kappa shape index (κ2) is 6.29. The van der Waals surface area contributed by atoms with Crippen molar-refractivity contribution in [2.45, 2.75) is 32.1 Å². The van der Waals surface area contributed by atoms with Crippen molar-refractivity contribution in [3.8, 4) is 17.2 Å². The fraction of sp³-hybridized carbons (Fsp3) is 0.435. The van der Waals surface area contributed by atoms with Gasteiger partial charge in [0.1, 0.15) is 0 Å². The molecule has 0 amide bonds. The van der Waals surface area contributed by atoms with Crippen molar-refractivity contribution in [1.82, 2.24) is 4.98 Å². The van der Waals surface area contributed by atoms with E-state index < -0.39 is 0 Å². The summed E-state index contributed by atoms with van der Waals surface area (Å²) < 4.78 is 17.2. The third kappa shape index (κ3) is 2.32. The second-order valence-corrected chi connectivity index (χ2v) is 7.78. The van der Waals surface area contributed by atoms with Gasteiger partial charge in [0.15, 0.2) is 11.5 Å². The summed E-state index contributed by atoms with van der Waals surface area (Å²) in [4.78, 5) is 4.80. The van der Waals surface area contributed by atoms with Crippen molar-refractivity contribution in [1.29, 1.82) is 0 Å². The van der Waals surface area contributed by atoms with Crippen LogP contribution in [0.5, 0.6) is 17.2 Å². The predicted octanol–water partition coefficient (Wildman–Crippen LogP) is 4.93. The van der Waals surface area contributed by atoms with Crippen molar-refractivity contribution in [2.75, 3.05) is 21.3 Å². The van der Waals surface area contributed by atoms with Gasteiger partial charge >= 0.3 is 0 Å². The van der Waals surface area contributed by atoms with Crippen molar-refractivity contribution < 1.29 is 14.2 Å². The zero-order chi connectivity index (χ0) is 18.5. The number of ether oxygens (including phenoxy) is 3. The zero-order valence-corrected chi connectivity index (χ0v) is 16.2. The molecule has 2 aliphatic carbocycles. The molecule has 0 saturated heterocycles. The first-order valence-electron chi connectivity index (χ1n) is 9.78. The topological polar surface area (TPSA) is 40.6 Å². The molecule has 0 N–H and O–H groups in total. The molecule has 2 atom stereocenters. The molecule has 4 heteroatoms. The molecule has 2 aliphatic rings. The molecule has 1 aromatic heterocycles. The Morgan fingerprint density at radius 1 is 0.889 bits per heavy atom. The maximum Gasteiger partial charge on any atom is 0.203 e. The minimum atomic E-state index is 0.646. The predicted molar refractivity (Wildman–Crippen MR) is 107 cm³/mol. The summed E-state index contributed by atoms with van der Waals surface area (Å²) in [6.45, 7) is 0. The van der Waals surface area contributed by atoms with E-state index >= 15 is 0 Å². The monoisotopic (exact) mass is 363 g/mol. The highest BCUT2D eigenvalue weighted by atomic mass is 16.5. The van der Waals surface area contributed by atoms with E-state index in [4.69, 9.17) is 19.2 Å². The average Bonchev–Trinajstić information content (AvgIpc) is 3.18. The van der Waals surface area contributed by atoms with E-state index in [1.54, 1.807) is 21.3 Å². The van der Waals surface area contributed by atoms with Gasteiger partial charge in [-0.1, -0.05) is 12.5 Å². The highest BCUT2D eigenvalue weighted by Gasteiger charge is 2.35. The first-order valence-corrected chi connectivity index (χ1v) is 9.78. The molecule has 1 heterocycles. The highest BCUT2D eigenvalue weighted by molar-refractivity contribution is 6.14. The highest BCUT2D eigenvalue weighted by Crippen LogP contribution is 2.51. The first kappa shape index (κ1) is 16.7. The molecule has 0 radical (unpaired) electrons. The number of nitrogens with zero attached hydrogens (tertiary/aromatic N) is 1. The van der Waals surface area contributed by atoms with E-state index in [9.17, 15) is 0 Å². The minimum Gasteiger partial charge on any atom is -0.493 e. The van der Waals surface area contributed by atoms with Crippen molar-refractivity contribution >= 4 is 21.7 Å². The SMILES string of the molecule is COc1cc2c3c(c4ncccc4c2c(OC)c1OC)C[C@H]1CCCC1C3. The number of rotatable bonds is 3. The van der Waals surface area contributed by atoms with Gasteiger partial charge in [0.05, 0.1) is 26.8 Å². The van der Waals surface area contributed by atoms with Gasteiger partial charge < -0.3 is 14.2 Å². The summed E-state index contributed by atoms with van der Waals surface area (Å²) in [6, 6.07) is 6.29. The van der Waals surface area contributed by atoms with Gasteiger partial charge in [0.2, 0.25) is 5.75 Å². The number of fused-ring (bicyclic) bond motifs is 7. The third-order valence-corrected chi connectivity index (χ3v) is 6.63. The Morgan fingerprint density at radius 3 is 2.33 bits per heavy atom. The van der Waals surface area contributed by atoms with Crippen molar-refractivity contribution in [3.63, 3.8) is 0 Å². The van der Waals surface area contributed by atoms with Gasteiger partial charge in [0, 0.05) is 17.0 Å². The van der Waals surface area contributed by atoms with E-state index in [-0.39, 0.29) is 0 Å². The first-order chi connectivity index (χ1) is 13.3. The lowest BCUT2D eigenvalue weighted by molar-refractivity contribution is 0.327. The van der Waals surface area contributed by atoms with Crippen LogP contribution in [0.25, 0.3) is 21.7 Å². The summed E-state index contributed by atoms with van der Waals surface area (Å²) >= 11 is 0. The Bertz CT molecular complexity index is 1040. The Balaban J connectivity index is 1.94. The second-order valence-electron chi connectivity index (χ2n) is 7.78. The molecule has 1 fully saturated rings. The molecule has 1 unspecified atom stereocenters. The van der Waals surface area contributed by atoms with E-state index in [2.05, 4.69) is 12.1 Å². The molecule has 0 spiro atoms. The summed E-state index contributed by atoms with van der Waals surface area (Å²) in [5.41, 5.74) is 3.98. The van der Waals surface area contributed by atoms with Crippen molar-refractivity contribution in [2.24, 2.45) is 11.8 Å². The fourth-order valence-electron chi connectivity index (χ4n) is 5.44. The summed E-state index contributed by atoms with van der Waals surface area (Å²) in [7, 11) is 5.05. The average molecular weight is 363 g/mol.